The Labute approximate surface area is 199 Å². The normalized spacial score (nSPS) is 14.4. The Kier molecular flexibility index (Phi) is 4.22. The molecule has 5 aromatic heterocycles. The third-order valence-corrected chi connectivity index (χ3v) is 6.13. The van der Waals surface area contributed by atoms with Gasteiger partial charge in [0.25, 0.3) is 0 Å². The summed E-state index contributed by atoms with van der Waals surface area (Å²) in [5.41, 5.74) is 5.87. The van der Waals surface area contributed by atoms with Crippen LogP contribution in [0.15, 0.2) is 85.6 Å². The van der Waals surface area contributed by atoms with Crippen molar-refractivity contribution in [2.24, 2.45) is 0 Å². The van der Waals surface area contributed by atoms with Crippen molar-refractivity contribution in [3.05, 3.63) is 108 Å². The molecule has 168 valence electrons. The number of benzene rings is 1. The molecule has 0 bridgehead atoms. The van der Waals surface area contributed by atoms with Crippen LogP contribution in [0.1, 0.15) is 28.3 Å². The zero-order valence-electron chi connectivity index (χ0n) is 18.6. The Hall–Kier alpha value is -4.92. The minimum Gasteiger partial charge on any atom is -0.420 e. The molecule has 9 nitrogen and oxygen atoms in total. The highest BCUT2D eigenvalue weighted by molar-refractivity contribution is 5.68. The average Bonchev–Trinajstić information content (AvgIpc) is 3.50. The monoisotopic (exact) mass is 458 g/mol. The lowest BCUT2D eigenvalue weighted by molar-refractivity contribution is 0.402. The van der Waals surface area contributed by atoms with Crippen LogP contribution in [0.4, 0.5) is 0 Å². The van der Waals surface area contributed by atoms with Crippen LogP contribution >= 0.6 is 0 Å². The van der Waals surface area contributed by atoms with Gasteiger partial charge in [0.2, 0.25) is 17.6 Å². The number of pyridine rings is 2. The molecule has 6 heterocycles. The maximum Gasteiger partial charge on any atom is 0.230 e. The molecule has 7 rings (SSSR count). The summed E-state index contributed by atoms with van der Waals surface area (Å²) in [6.07, 6.45) is 6.97. The maximum absolute atomic E-state index is 6.43. The predicted octanol–water partition coefficient (Wildman–Crippen LogP) is 4.36. The molecule has 0 aliphatic carbocycles. The molecule has 0 radical (unpaired) electrons. The summed E-state index contributed by atoms with van der Waals surface area (Å²) in [7, 11) is 0. The van der Waals surface area contributed by atoms with Crippen molar-refractivity contribution in [2.45, 2.75) is 12.8 Å². The quantitative estimate of drug-likeness (QED) is 0.388. The van der Waals surface area contributed by atoms with E-state index < -0.39 is 0 Å². The van der Waals surface area contributed by atoms with E-state index in [1.807, 2.05) is 72.4 Å². The van der Waals surface area contributed by atoms with E-state index in [0.29, 0.717) is 28.9 Å². The third kappa shape index (κ3) is 3.02. The number of fused-ring (bicyclic) bond motifs is 4. The van der Waals surface area contributed by atoms with E-state index in [1.165, 1.54) is 0 Å². The van der Waals surface area contributed by atoms with Gasteiger partial charge in [-0.2, -0.15) is 5.10 Å². The molecule has 1 aliphatic heterocycles. The fourth-order valence-corrected chi connectivity index (χ4v) is 4.61. The van der Waals surface area contributed by atoms with Crippen molar-refractivity contribution in [1.82, 2.24) is 39.3 Å². The zero-order chi connectivity index (χ0) is 23.4. The van der Waals surface area contributed by atoms with Crippen molar-refractivity contribution in [1.29, 1.82) is 0 Å². The molecule has 0 saturated heterocycles. The Morgan fingerprint density at radius 3 is 2.54 bits per heavy atom. The molecular formula is C26H18N8O. The highest BCUT2D eigenvalue weighted by Gasteiger charge is 2.38. The van der Waals surface area contributed by atoms with E-state index in [-0.39, 0.29) is 5.92 Å². The fraction of sp³-hybridized carbons (Fsp3) is 0.0769. The number of hydrogen-bond donors (Lipinski definition) is 0. The summed E-state index contributed by atoms with van der Waals surface area (Å²) < 4.78 is 9.93. The topological polar surface area (TPSA) is 95.9 Å². The van der Waals surface area contributed by atoms with Crippen LogP contribution in [-0.2, 0) is 0 Å². The second kappa shape index (κ2) is 7.56. The standard InChI is InChI=1S/C26H18N8O/c1-16-20-21(17-8-7-12-27-14-17)22-24-30-23(19-11-5-6-13-28-19)32-33(24)15-29-25(22)35-26(20)34(31-16)18-9-3-2-4-10-18/h2-15,21H,1H3. The Bertz CT molecular complexity index is 1680. The fourth-order valence-electron chi connectivity index (χ4n) is 4.61. The lowest BCUT2D eigenvalue weighted by atomic mass is 9.85. The van der Waals surface area contributed by atoms with Crippen molar-refractivity contribution in [3.63, 3.8) is 0 Å². The molecular weight excluding hydrogens is 440 g/mol. The summed E-state index contributed by atoms with van der Waals surface area (Å²) in [5, 5.41) is 9.48. The van der Waals surface area contributed by atoms with Gasteiger partial charge in [-0.1, -0.05) is 30.3 Å². The van der Waals surface area contributed by atoms with Gasteiger partial charge in [0, 0.05) is 18.6 Å². The second-order valence-corrected chi connectivity index (χ2v) is 8.25. The van der Waals surface area contributed by atoms with E-state index in [9.17, 15) is 0 Å². The molecule has 1 aromatic carbocycles. The first-order valence-corrected chi connectivity index (χ1v) is 11.2. The minimum atomic E-state index is -0.239. The first-order chi connectivity index (χ1) is 17.3. The van der Waals surface area contributed by atoms with Crippen LogP contribution in [0.3, 0.4) is 0 Å². The summed E-state index contributed by atoms with van der Waals surface area (Å²) in [6, 6.07) is 19.6. The predicted molar refractivity (Wildman–Crippen MR) is 128 cm³/mol. The average molecular weight is 458 g/mol. The first kappa shape index (κ1) is 19.5. The number of ether oxygens (including phenoxy) is 1. The van der Waals surface area contributed by atoms with Gasteiger partial charge in [-0.25, -0.2) is 19.2 Å². The molecule has 0 N–H and O–H groups in total. The molecule has 1 atom stereocenters. The van der Waals surface area contributed by atoms with Crippen LogP contribution in [-0.4, -0.2) is 39.3 Å². The van der Waals surface area contributed by atoms with Crippen LogP contribution in [0.25, 0.3) is 22.9 Å². The van der Waals surface area contributed by atoms with Crippen molar-refractivity contribution in [2.75, 3.05) is 0 Å². The number of rotatable bonds is 3. The molecule has 0 amide bonds. The second-order valence-electron chi connectivity index (χ2n) is 8.25. The lowest BCUT2D eigenvalue weighted by Gasteiger charge is -2.26. The SMILES string of the molecule is Cc1nn(-c2ccccc2)c2c1C(c1cccnc1)c1c(ncn3nc(-c4ccccn4)nc13)O2. The summed E-state index contributed by atoms with van der Waals surface area (Å²) >= 11 is 0. The number of aryl methyl sites for hydroxylation is 1. The molecule has 1 unspecified atom stereocenters. The smallest absolute Gasteiger partial charge is 0.230 e. The summed E-state index contributed by atoms with van der Waals surface area (Å²) in [4.78, 5) is 18.3. The number of aromatic nitrogens is 8. The van der Waals surface area contributed by atoms with Crippen LogP contribution in [0.5, 0.6) is 11.8 Å². The summed E-state index contributed by atoms with van der Waals surface area (Å²) in [5.74, 6) is 1.39. The molecule has 9 heteroatoms. The maximum atomic E-state index is 6.43. The number of hydrogen-bond acceptors (Lipinski definition) is 7. The van der Waals surface area contributed by atoms with E-state index in [1.54, 1.807) is 23.2 Å². The molecule has 0 spiro atoms. The third-order valence-electron chi connectivity index (χ3n) is 6.13. The van der Waals surface area contributed by atoms with Crippen molar-refractivity contribution < 1.29 is 4.74 Å². The van der Waals surface area contributed by atoms with E-state index in [0.717, 1.165) is 28.1 Å². The molecule has 0 saturated carbocycles. The Morgan fingerprint density at radius 2 is 1.74 bits per heavy atom. The van der Waals surface area contributed by atoms with Gasteiger partial charge >= 0.3 is 0 Å². The number of nitrogens with zero attached hydrogens (tertiary/aromatic N) is 8. The minimum absolute atomic E-state index is 0.239. The first-order valence-electron chi connectivity index (χ1n) is 11.2. The largest absolute Gasteiger partial charge is 0.420 e. The van der Waals surface area contributed by atoms with Gasteiger partial charge in [0.15, 0.2) is 5.65 Å². The zero-order valence-corrected chi connectivity index (χ0v) is 18.6. The van der Waals surface area contributed by atoms with Crippen LogP contribution < -0.4 is 4.74 Å². The van der Waals surface area contributed by atoms with Crippen molar-refractivity contribution >= 4 is 5.65 Å². The van der Waals surface area contributed by atoms with Gasteiger partial charge < -0.3 is 4.74 Å². The summed E-state index contributed by atoms with van der Waals surface area (Å²) in [6.45, 7) is 1.99. The van der Waals surface area contributed by atoms with Gasteiger partial charge in [-0.3, -0.25) is 9.97 Å². The number of para-hydroxylation sites is 1. The molecule has 1 aliphatic rings. The van der Waals surface area contributed by atoms with Gasteiger partial charge in [-0.15, -0.1) is 5.10 Å². The van der Waals surface area contributed by atoms with Gasteiger partial charge in [0.1, 0.15) is 12.0 Å². The Balaban J connectivity index is 1.50. The molecule has 35 heavy (non-hydrogen) atoms. The molecule has 0 fully saturated rings. The van der Waals surface area contributed by atoms with E-state index in [2.05, 4.69) is 26.1 Å². The highest BCUT2D eigenvalue weighted by Crippen LogP contribution is 2.49. The molecule has 6 aromatic rings. The van der Waals surface area contributed by atoms with Crippen LogP contribution in [0, 0.1) is 6.92 Å². The van der Waals surface area contributed by atoms with Crippen molar-refractivity contribution in [3.8, 4) is 29.0 Å². The van der Waals surface area contributed by atoms with Gasteiger partial charge in [0.05, 0.1) is 28.4 Å². The van der Waals surface area contributed by atoms with E-state index in [4.69, 9.17) is 14.8 Å². The lowest BCUT2D eigenvalue weighted by Crippen LogP contribution is -2.16. The van der Waals surface area contributed by atoms with E-state index >= 15 is 0 Å². The van der Waals surface area contributed by atoms with Crippen LogP contribution in [0.2, 0.25) is 0 Å². The van der Waals surface area contributed by atoms with Gasteiger partial charge in [-0.05, 0) is 42.8 Å². The Morgan fingerprint density at radius 1 is 0.857 bits per heavy atom. The highest BCUT2D eigenvalue weighted by atomic mass is 16.5.